The smallest absolute Gasteiger partial charge is 0.410 e. The third kappa shape index (κ3) is 5.20. The van der Waals surface area contributed by atoms with Gasteiger partial charge in [0.15, 0.2) is 0 Å². The summed E-state index contributed by atoms with van der Waals surface area (Å²) in [5.41, 5.74) is 0.489. The van der Waals surface area contributed by atoms with Gasteiger partial charge in [-0.2, -0.15) is 0 Å². The molecule has 0 fully saturated rings. The van der Waals surface area contributed by atoms with Gasteiger partial charge >= 0.3 is 6.09 Å². The van der Waals surface area contributed by atoms with Gasteiger partial charge in [-0.1, -0.05) is 18.2 Å². The maximum Gasteiger partial charge on any atom is 0.410 e. The van der Waals surface area contributed by atoms with E-state index in [4.69, 9.17) is 9.47 Å². The number of benzene rings is 1. The molecule has 0 aliphatic heterocycles. The summed E-state index contributed by atoms with van der Waals surface area (Å²) < 4.78 is 10.9. The van der Waals surface area contributed by atoms with Crippen molar-refractivity contribution in [3.05, 3.63) is 29.8 Å². The fraction of sp³-hybridized carbons (Fsp3) is 0.533. The topological polar surface area (TPSA) is 38.8 Å². The molecule has 0 atom stereocenters. The largest absolute Gasteiger partial charge is 0.494 e. The molecule has 19 heavy (non-hydrogen) atoms. The predicted octanol–water partition coefficient (Wildman–Crippen LogP) is 3.45. The summed E-state index contributed by atoms with van der Waals surface area (Å²) in [6, 6.07) is 7.70. The third-order valence-corrected chi connectivity index (χ3v) is 2.39. The number of nitrogens with zero attached hydrogens (tertiary/aromatic N) is 1. The molecule has 0 radical (unpaired) electrons. The van der Waals surface area contributed by atoms with Crippen LogP contribution in [-0.2, 0) is 11.3 Å². The lowest BCUT2D eigenvalue weighted by Gasteiger charge is -2.25. The molecule has 0 heterocycles. The minimum atomic E-state index is -0.481. The number of hydrogen-bond acceptors (Lipinski definition) is 3. The Balaban J connectivity index is 2.71. The van der Waals surface area contributed by atoms with Gasteiger partial charge < -0.3 is 14.4 Å². The molecule has 1 aromatic carbocycles. The minimum absolute atomic E-state index is 0.334. The quantitative estimate of drug-likeness (QED) is 0.837. The van der Waals surface area contributed by atoms with Crippen LogP contribution in [0.4, 0.5) is 4.79 Å². The predicted molar refractivity (Wildman–Crippen MR) is 75.3 cm³/mol. The molecule has 4 nitrogen and oxygen atoms in total. The Morgan fingerprint density at radius 2 is 1.89 bits per heavy atom. The average Bonchev–Trinajstić information content (AvgIpc) is 2.29. The van der Waals surface area contributed by atoms with Gasteiger partial charge in [0.05, 0.1) is 13.2 Å². The fourth-order valence-corrected chi connectivity index (χ4v) is 1.59. The summed E-state index contributed by atoms with van der Waals surface area (Å²) in [5.74, 6) is 0.806. The van der Waals surface area contributed by atoms with Gasteiger partial charge in [-0.15, -0.1) is 0 Å². The minimum Gasteiger partial charge on any atom is -0.494 e. The molecular formula is C15H23NO3. The van der Waals surface area contributed by atoms with Crippen molar-refractivity contribution in [3.63, 3.8) is 0 Å². The molecule has 4 heteroatoms. The summed E-state index contributed by atoms with van der Waals surface area (Å²) in [6.07, 6.45) is -0.334. The van der Waals surface area contributed by atoms with Crippen LogP contribution in [0.25, 0.3) is 0 Å². The van der Waals surface area contributed by atoms with Crippen molar-refractivity contribution < 1.29 is 14.3 Å². The van der Waals surface area contributed by atoms with Gasteiger partial charge in [-0.05, 0) is 33.8 Å². The van der Waals surface area contributed by atoms with Gasteiger partial charge in [0, 0.05) is 12.6 Å². The third-order valence-electron chi connectivity index (χ3n) is 2.39. The number of rotatable bonds is 4. The zero-order chi connectivity index (χ0) is 14.5. The van der Waals surface area contributed by atoms with Crippen LogP contribution >= 0.6 is 0 Å². The second-order valence-corrected chi connectivity index (χ2v) is 5.38. The highest BCUT2D eigenvalue weighted by atomic mass is 16.6. The van der Waals surface area contributed by atoms with Gasteiger partial charge in [-0.3, -0.25) is 0 Å². The second kappa shape index (κ2) is 6.45. The van der Waals surface area contributed by atoms with Gasteiger partial charge in [-0.25, -0.2) is 4.79 Å². The molecule has 1 rings (SSSR count). The van der Waals surface area contributed by atoms with Crippen molar-refractivity contribution in [1.29, 1.82) is 0 Å². The first-order chi connectivity index (χ1) is 8.83. The summed E-state index contributed by atoms with van der Waals surface area (Å²) in [6.45, 7) is 8.57. The van der Waals surface area contributed by atoms with Crippen molar-refractivity contribution in [1.82, 2.24) is 4.90 Å². The van der Waals surface area contributed by atoms with Gasteiger partial charge in [0.25, 0.3) is 0 Å². The summed E-state index contributed by atoms with van der Waals surface area (Å²) in [7, 11) is 1.72. The van der Waals surface area contributed by atoms with Crippen LogP contribution < -0.4 is 4.74 Å². The lowest BCUT2D eigenvalue weighted by molar-refractivity contribution is 0.0284. The molecule has 1 aromatic rings. The van der Waals surface area contributed by atoms with E-state index in [2.05, 4.69) is 0 Å². The van der Waals surface area contributed by atoms with Crippen LogP contribution in [0.3, 0.4) is 0 Å². The van der Waals surface area contributed by atoms with Crippen molar-refractivity contribution in [2.45, 2.75) is 39.8 Å². The molecule has 0 unspecified atom stereocenters. The Kier molecular flexibility index (Phi) is 5.21. The van der Waals surface area contributed by atoms with Crippen LogP contribution in [-0.4, -0.2) is 30.2 Å². The maximum absolute atomic E-state index is 11.9. The highest BCUT2D eigenvalue weighted by molar-refractivity contribution is 5.67. The van der Waals surface area contributed by atoms with Crippen molar-refractivity contribution in [3.8, 4) is 5.75 Å². The summed E-state index contributed by atoms with van der Waals surface area (Å²) in [4.78, 5) is 13.4. The number of hydrogen-bond donors (Lipinski definition) is 0. The number of carbonyl (C=O) groups excluding carboxylic acids is 1. The highest BCUT2D eigenvalue weighted by Gasteiger charge is 2.20. The van der Waals surface area contributed by atoms with Gasteiger partial charge in [0.2, 0.25) is 0 Å². The molecule has 0 aliphatic carbocycles. The molecule has 106 valence electrons. The monoisotopic (exact) mass is 265 g/mol. The molecule has 0 aliphatic rings. The molecule has 0 N–H and O–H groups in total. The van der Waals surface area contributed by atoms with Crippen LogP contribution in [0.1, 0.15) is 33.3 Å². The van der Waals surface area contributed by atoms with Gasteiger partial charge in [0.1, 0.15) is 11.4 Å². The number of amides is 1. The first-order valence-electron chi connectivity index (χ1n) is 6.48. The summed E-state index contributed by atoms with van der Waals surface area (Å²) >= 11 is 0. The van der Waals surface area contributed by atoms with Crippen LogP contribution in [0.2, 0.25) is 0 Å². The standard InChI is InChI=1S/C15H23NO3/c1-6-18-13-10-8-7-9-12(13)11-16(5)14(17)19-15(2,3)4/h7-10H,6,11H2,1-5H3. The lowest BCUT2D eigenvalue weighted by atomic mass is 10.2. The Bertz CT molecular complexity index is 424. The molecule has 0 saturated carbocycles. The van der Waals surface area contributed by atoms with Crippen molar-refractivity contribution in [2.24, 2.45) is 0 Å². The average molecular weight is 265 g/mol. The molecule has 0 spiro atoms. The van der Waals surface area contributed by atoms with Crippen LogP contribution in [0.5, 0.6) is 5.75 Å². The SMILES string of the molecule is CCOc1ccccc1CN(C)C(=O)OC(C)(C)C. The lowest BCUT2D eigenvalue weighted by Crippen LogP contribution is -2.33. The van der Waals surface area contributed by atoms with E-state index in [0.717, 1.165) is 11.3 Å². The van der Waals surface area contributed by atoms with Crippen molar-refractivity contribution >= 4 is 6.09 Å². The molecular weight excluding hydrogens is 242 g/mol. The van der Waals surface area contributed by atoms with E-state index < -0.39 is 5.60 Å². The zero-order valence-corrected chi connectivity index (χ0v) is 12.4. The first-order valence-corrected chi connectivity index (χ1v) is 6.48. The van der Waals surface area contributed by atoms with E-state index in [1.165, 1.54) is 0 Å². The maximum atomic E-state index is 11.9. The Morgan fingerprint density at radius 3 is 2.47 bits per heavy atom. The van der Waals surface area contributed by atoms with E-state index >= 15 is 0 Å². The van der Waals surface area contributed by atoms with E-state index in [9.17, 15) is 4.79 Å². The van der Waals surface area contributed by atoms with E-state index in [1.54, 1.807) is 11.9 Å². The van der Waals surface area contributed by atoms with Crippen LogP contribution in [0.15, 0.2) is 24.3 Å². The Hall–Kier alpha value is -1.71. The van der Waals surface area contributed by atoms with E-state index in [-0.39, 0.29) is 6.09 Å². The second-order valence-electron chi connectivity index (χ2n) is 5.38. The number of ether oxygens (including phenoxy) is 2. The zero-order valence-electron chi connectivity index (χ0n) is 12.4. The number of carbonyl (C=O) groups is 1. The highest BCUT2D eigenvalue weighted by Crippen LogP contribution is 2.20. The molecule has 0 saturated heterocycles. The molecule has 0 aromatic heterocycles. The summed E-state index contributed by atoms with van der Waals surface area (Å²) in [5, 5.41) is 0. The fourth-order valence-electron chi connectivity index (χ4n) is 1.59. The van der Waals surface area contributed by atoms with Crippen molar-refractivity contribution in [2.75, 3.05) is 13.7 Å². The molecule has 1 amide bonds. The Labute approximate surface area is 115 Å². The molecule has 0 bridgehead atoms. The van der Waals surface area contributed by atoms with Crippen LogP contribution in [0, 0.1) is 0 Å². The number of para-hydroxylation sites is 1. The Morgan fingerprint density at radius 1 is 1.26 bits per heavy atom. The normalized spacial score (nSPS) is 11.0. The first kappa shape index (κ1) is 15.3. The van der Waals surface area contributed by atoms with E-state index in [0.29, 0.717) is 13.2 Å². The van der Waals surface area contributed by atoms with E-state index in [1.807, 2.05) is 52.0 Å².